The van der Waals surface area contributed by atoms with Gasteiger partial charge in [-0.15, -0.1) is 12.4 Å². The lowest BCUT2D eigenvalue weighted by Crippen LogP contribution is -2.37. The van der Waals surface area contributed by atoms with Crippen molar-refractivity contribution >= 4 is 12.4 Å². The van der Waals surface area contributed by atoms with Crippen LogP contribution in [0, 0.1) is 19.3 Å². The number of aryl methyl sites for hydroxylation is 1. The van der Waals surface area contributed by atoms with Crippen molar-refractivity contribution in [1.82, 2.24) is 10.2 Å². The summed E-state index contributed by atoms with van der Waals surface area (Å²) in [6.07, 6.45) is 4.00. The van der Waals surface area contributed by atoms with Crippen LogP contribution in [0.15, 0.2) is 18.2 Å². The number of likely N-dealkylation sites (tertiary alicyclic amines) is 1. The minimum Gasteiger partial charge on any atom is -0.316 e. The highest BCUT2D eigenvalue weighted by atomic mass is 35.5. The van der Waals surface area contributed by atoms with E-state index in [4.69, 9.17) is 0 Å². The molecule has 0 radical (unpaired) electrons. The molecule has 1 aromatic rings. The lowest BCUT2D eigenvalue weighted by molar-refractivity contribution is 0.165. The van der Waals surface area contributed by atoms with Crippen molar-refractivity contribution in [3.8, 4) is 0 Å². The molecule has 2 atom stereocenters. The maximum Gasteiger partial charge on any atom is 0.0351 e. The first-order valence-electron chi connectivity index (χ1n) is 8.10. The van der Waals surface area contributed by atoms with Gasteiger partial charge in [0.15, 0.2) is 0 Å². The van der Waals surface area contributed by atoms with Gasteiger partial charge in [-0.2, -0.15) is 0 Å². The number of hydrogen-bond acceptors (Lipinski definition) is 2. The molecule has 0 aromatic heterocycles. The third-order valence-electron chi connectivity index (χ3n) is 5.41. The summed E-state index contributed by atoms with van der Waals surface area (Å²) in [5.74, 6) is 0. The Balaban J connectivity index is 0.00000161. The first-order valence-corrected chi connectivity index (χ1v) is 8.10. The second-order valence-corrected chi connectivity index (χ2v) is 7.16. The van der Waals surface area contributed by atoms with E-state index in [0.717, 1.165) is 0 Å². The molecule has 0 spiro atoms. The number of nitrogens with zero attached hydrogens (tertiary/aromatic N) is 1. The largest absolute Gasteiger partial charge is 0.316 e. The van der Waals surface area contributed by atoms with Gasteiger partial charge in [0.2, 0.25) is 0 Å². The van der Waals surface area contributed by atoms with Gasteiger partial charge < -0.3 is 5.32 Å². The number of benzene rings is 1. The molecule has 2 nitrogen and oxygen atoms in total. The summed E-state index contributed by atoms with van der Waals surface area (Å²) in [7, 11) is 0. The molecule has 0 amide bonds. The van der Waals surface area contributed by atoms with E-state index in [1.807, 2.05) is 0 Å². The van der Waals surface area contributed by atoms with E-state index >= 15 is 0 Å². The van der Waals surface area contributed by atoms with Gasteiger partial charge in [0.1, 0.15) is 0 Å². The van der Waals surface area contributed by atoms with E-state index < -0.39 is 0 Å². The van der Waals surface area contributed by atoms with E-state index in [1.54, 1.807) is 5.56 Å². The molecule has 2 aliphatic rings. The third kappa shape index (κ3) is 3.44. The Bertz CT molecular complexity index is 480. The summed E-state index contributed by atoms with van der Waals surface area (Å²) >= 11 is 0. The van der Waals surface area contributed by atoms with Crippen LogP contribution in [0.2, 0.25) is 0 Å². The van der Waals surface area contributed by atoms with E-state index in [2.05, 4.69) is 49.2 Å². The molecule has 0 aliphatic carbocycles. The fraction of sp³-hybridized carbons (Fsp3) is 0.667. The van der Waals surface area contributed by atoms with Gasteiger partial charge in [-0.05, 0) is 68.3 Å². The summed E-state index contributed by atoms with van der Waals surface area (Å²) in [5.41, 5.74) is 4.97. The molecule has 21 heavy (non-hydrogen) atoms. The molecule has 2 fully saturated rings. The van der Waals surface area contributed by atoms with Crippen LogP contribution in [0.25, 0.3) is 0 Å². The van der Waals surface area contributed by atoms with E-state index in [-0.39, 0.29) is 12.4 Å². The predicted molar refractivity (Wildman–Crippen MR) is 92.3 cm³/mol. The Hall–Kier alpha value is -0.570. The lowest BCUT2D eigenvalue weighted by Gasteiger charge is -2.34. The highest BCUT2D eigenvalue weighted by molar-refractivity contribution is 5.85. The Labute approximate surface area is 135 Å². The van der Waals surface area contributed by atoms with Gasteiger partial charge in [-0.3, -0.25) is 4.90 Å². The average molecular weight is 309 g/mol. The van der Waals surface area contributed by atoms with Crippen molar-refractivity contribution in [2.45, 2.75) is 46.1 Å². The van der Waals surface area contributed by atoms with Gasteiger partial charge in [-0.25, -0.2) is 0 Å². The summed E-state index contributed by atoms with van der Waals surface area (Å²) < 4.78 is 0. The minimum atomic E-state index is 0. The predicted octanol–water partition coefficient (Wildman–Crippen LogP) is 3.86. The molecule has 2 aliphatic heterocycles. The van der Waals surface area contributed by atoms with Gasteiger partial charge in [0, 0.05) is 19.1 Å². The third-order valence-corrected chi connectivity index (χ3v) is 5.41. The molecule has 2 heterocycles. The number of nitrogens with one attached hydrogen (secondary N) is 1. The molecular formula is C18H29ClN2. The lowest BCUT2D eigenvalue weighted by atomic mass is 9.88. The fourth-order valence-electron chi connectivity index (χ4n) is 4.00. The van der Waals surface area contributed by atoms with Gasteiger partial charge in [0.25, 0.3) is 0 Å². The smallest absolute Gasteiger partial charge is 0.0351 e. The van der Waals surface area contributed by atoms with Crippen LogP contribution < -0.4 is 5.32 Å². The van der Waals surface area contributed by atoms with E-state index in [1.165, 1.54) is 56.6 Å². The molecule has 2 unspecified atom stereocenters. The van der Waals surface area contributed by atoms with Crippen LogP contribution in [-0.4, -0.2) is 31.1 Å². The van der Waals surface area contributed by atoms with Crippen molar-refractivity contribution in [2.24, 2.45) is 5.41 Å². The molecule has 0 bridgehead atoms. The fourth-order valence-corrected chi connectivity index (χ4v) is 4.00. The Morgan fingerprint density at radius 3 is 2.86 bits per heavy atom. The second kappa shape index (κ2) is 6.68. The summed E-state index contributed by atoms with van der Waals surface area (Å²) in [4.78, 5) is 2.74. The van der Waals surface area contributed by atoms with Crippen molar-refractivity contribution in [3.05, 3.63) is 34.9 Å². The van der Waals surface area contributed by atoms with Crippen molar-refractivity contribution in [1.29, 1.82) is 0 Å². The molecule has 118 valence electrons. The van der Waals surface area contributed by atoms with Crippen LogP contribution in [0.3, 0.4) is 0 Å². The van der Waals surface area contributed by atoms with Gasteiger partial charge in [-0.1, -0.05) is 25.1 Å². The zero-order chi connectivity index (χ0) is 14.2. The first kappa shape index (κ1) is 16.8. The SMILES string of the molecule is Cc1cccc(C2CCCN2CC2(C)CCNC2)c1C.Cl. The monoisotopic (exact) mass is 308 g/mol. The Morgan fingerprint density at radius 2 is 2.14 bits per heavy atom. The highest BCUT2D eigenvalue weighted by Gasteiger charge is 2.35. The maximum atomic E-state index is 3.54. The molecule has 1 N–H and O–H groups in total. The van der Waals surface area contributed by atoms with Gasteiger partial charge >= 0.3 is 0 Å². The Kier molecular flexibility index (Phi) is 5.34. The van der Waals surface area contributed by atoms with E-state index in [0.29, 0.717) is 11.5 Å². The van der Waals surface area contributed by atoms with E-state index in [9.17, 15) is 0 Å². The standard InChI is InChI=1S/C18H28N2.ClH/c1-14-6-4-7-16(15(14)2)17-8-5-11-20(17)13-18(3)9-10-19-12-18;/h4,6-7,17,19H,5,8-13H2,1-3H3;1H. The summed E-state index contributed by atoms with van der Waals surface area (Å²) in [5, 5.41) is 3.54. The van der Waals surface area contributed by atoms with Crippen LogP contribution in [0.5, 0.6) is 0 Å². The van der Waals surface area contributed by atoms with Crippen molar-refractivity contribution in [2.75, 3.05) is 26.2 Å². The van der Waals surface area contributed by atoms with Crippen LogP contribution >= 0.6 is 12.4 Å². The van der Waals surface area contributed by atoms with Crippen molar-refractivity contribution in [3.63, 3.8) is 0 Å². The second-order valence-electron chi connectivity index (χ2n) is 7.16. The zero-order valence-electron chi connectivity index (χ0n) is 13.6. The Morgan fingerprint density at radius 1 is 1.33 bits per heavy atom. The quantitative estimate of drug-likeness (QED) is 0.912. The average Bonchev–Trinajstić information content (AvgIpc) is 3.03. The first-order chi connectivity index (χ1) is 9.59. The topological polar surface area (TPSA) is 15.3 Å². The summed E-state index contributed by atoms with van der Waals surface area (Å²) in [6.45, 7) is 11.9. The van der Waals surface area contributed by atoms with Gasteiger partial charge in [0.05, 0.1) is 0 Å². The molecular weight excluding hydrogens is 280 g/mol. The number of rotatable bonds is 3. The number of hydrogen-bond donors (Lipinski definition) is 1. The molecule has 3 heteroatoms. The number of halogens is 1. The normalized spacial score (nSPS) is 29.6. The minimum absolute atomic E-state index is 0. The van der Waals surface area contributed by atoms with Crippen LogP contribution in [-0.2, 0) is 0 Å². The maximum absolute atomic E-state index is 3.54. The van der Waals surface area contributed by atoms with Crippen LogP contribution in [0.4, 0.5) is 0 Å². The van der Waals surface area contributed by atoms with Crippen LogP contribution in [0.1, 0.15) is 48.9 Å². The molecule has 2 saturated heterocycles. The molecule has 0 saturated carbocycles. The highest BCUT2D eigenvalue weighted by Crippen LogP contribution is 2.38. The zero-order valence-corrected chi connectivity index (χ0v) is 14.4. The summed E-state index contributed by atoms with van der Waals surface area (Å²) in [6, 6.07) is 7.46. The van der Waals surface area contributed by atoms with Crippen molar-refractivity contribution < 1.29 is 0 Å². The molecule has 3 rings (SSSR count). The molecule has 1 aromatic carbocycles.